The number of halogens is 1. The molecule has 0 radical (unpaired) electrons. The summed E-state index contributed by atoms with van der Waals surface area (Å²) in [5, 5.41) is 7.21. The number of carbonyl (C=O) groups excluding carboxylic acids is 1. The van der Waals surface area contributed by atoms with E-state index in [1.165, 1.54) is 18.2 Å². The van der Waals surface area contributed by atoms with Crippen LogP contribution in [0, 0.1) is 0 Å². The Hall–Kier alpha value is -1.86. The van der Waals surface area contributed by atoms with E-state index in [1.54, 1.807) is 12.3 Å². The van der Waals surface area contributed by atoms with Crippen LogP contribution in [0.3, 0.4) is 0 Å². The summed E-state index contributed by atoms with van der Waals surface area (Å²) in [5.74, 6) is 0.221. The van der Waals surface area contributed by atoms with Gasteiger partial charge < -0.3 is 5.32 Å². The Kier molecular flexibility index (Phi) is 4.64. The van der Waals surface area contributed by atoms with Gasteiger partial charge >= 0.3 is 0 Å². The van der Waals surface area contributed by atoms with Crippen molar-refractivity contribution >= 4 is 33.2 Å². The van der Waals surface area contributed by atoms with E-state index >= 15 is 0 Å². The molecule has 1 aromatic heterocycles. The smallest absolute Gasteiger partial charge is 0.256 e. The Labute approximate surface area is 145 Å². The zero-order chi connectivity index (χ0) is 17.3. The van der Waals surface area contributed by atoms with Crippen LogP contribution in [0.15, 0.2) is 35.4 Å². The van der Waals surface area contributed by atoms with Gasteiger partial charge in [0.25, 0.3) is 5.91 Å². The normalized spacial score (nSPS) is 15.6. The molecule has 1 aliphatic carbocycles. The molecule has 3 rings (SSSR count). The summed E-state index contributed by atoms with van der Waals surface area (Å²) in [6.45, 7) is 0. The van der Waals surface area contributed by atoms with Gasteiger partial charge in [-0.15, -0.1) is 0 Å². The van der Waals surface area contributed by atoms with E-state index in [0.717, 1.165) is 31.9 Å². The summed E-state index contributed by atoms with van der Waals surface area (Å²) in [5.41, 5.74) is 0.235. The number of nitrogens with zero attached hydrogens (tertiary/aromatic N) is 2. The van der Waals surface area contributed by atoms with Crippen LogP contribution in [0.5, 0.6) is 0 Å². The second-order valence-electron chi connectivity index (χ2n) is 5.97. The van der Waals surface area contributed by atoms with Gasteiger partial charge in [0.1, 0.15) is 5.82 Å². The van der Waals surface area contributed by atoms with Gasteiger partial charge in [-0.05, 0) is 31.0 Å². The molecule has 128 valence electrons. The summed E-state index contributed by atoms with van der Waals surface area (Å²) in [7, 11) is -3.50. The number of aromatic nitrogens is 2. The molecule has 1 heterocycles. The van der Waals surface area contributed by atoms with Gasteiger partial charge in [0.15, 0.2) is 9.84 Å². The molecule has 2 aromatic rings. The van der Waals surface area contributed by atoms with Gasteiger partial charge in [-0.3, -0.25) is 4.79 Å². The Bertz CT molecular complexity index is 870. The molecule has 6 nitrogen and oxygen atoms in total. The highest BCUT2D eigenvalue weighted by Crippen LogP contribution is 2.31. The zero-order valence-corrected chi connectivity index (χ0v) is 14.8. The minimum Gasteiger partial charge on any atom is -0.307 e. The average molecular weight is 368 g/mol. The maximum Gasteiger partial charge on any atom is 0.256 e. The number of sulfone groups is 1. The lowest BCUT2D eigenvalue weighted by Gasteiger charge is -2.15. The van der Waals surface area contributed by atoms with Crippen LogP contribution in [-0.4, -0.2) is 30.4 Å². The van der Waals surface area contributed by atoms with Crippen molar-refractivity contribution in [2.45, 2.75) is 36.6 Å². The van der Waals surface area contributed by atoms with Crippen LogP contribution in [0.4, 0.5) is 5.82 Å². The lowest BCUT2D eigenvalue weighted by atomic mass is 10.2. The molecule has 0 bridgehead atoms. The number of anilines is 1. The molecule has 0 aliphatic heterocycles. The fourth-order valence-electron chi connectivity index (χ4n) is 2.97. The number of nitrogens with one attached hydrogen (secondary N) is 1. The highest BCUT2D eigenvalue weighted by molar-refractivity contribution is 7.90. The Morgan fingerprint density at radius 2 is 2.00 bits per heavy atom. The zero-order valence-electron chi connectivity index (χ0n) is 13.2. The van der Waals surface area contributed by atoms with E-state index in [4.69, 9.17) is 11.6 Å². The van der Waals surface area contributed by atoms with Crippen molar-refractivity contribution in [3.63, 3.8) is 0 Å². The van der Waals surface area contributed by atoms with Crippen LogP contribution in [0.1, 0.15) is 42.1 Å². The van der Waals surface area contributed by atoms with E-state index in [2.05, 4.69) is 10.4 Å². The minimum atomic E-state index is -3.50. The molecule has 24 heavy (non-hydrogen) atoms. The third-order valence-corrected chi connectivity index (χ3v) is 5.75. The summed E-state index contributed by atoms with van der Waals surface area (Å²) in [6.07, 6.45) is 7.12. The Morgan fingerprint density at radius 3 is 2.67 bits per heavy atom. The molecule has 1 aliphatic rings. The molecule has 1 fully saturated rings. The number of benzene rings is 1. The first-order valence-electron chi connectivity index (χ1n) is 7.71. The molecular formula is C16H18ClN3O3S. The SMILES string of the molecule is CS(=O)(=O)c1cc(C(=O)Nc2ccnn2C2CCCC2)ccc1Cl. The molecule has 0 spiro atoms. The summed E-state index contributed by atoms with van der Waals surface area (Å²) >= 11 is 5.91. The number of hydrogen-bond acceptors (Lipinski definition) is 4. The summed E-state index contributed by atoms with van der Waals surface area (Å²) < 4.78 is 25.3. The Balaban J connectivity index is 1.85. The van der Waals surface area contributed by atoms with Crippen molar-refractivity contribution in [2.75, 3.05) is 11.6 Å². The monoisotopic (exact) mass is 367 g/mol. The van der Waals surface area contributed by atoms with E-state index in [0.29, 0.717) is 11.9 Å². The van der Waals surface area contributed by atoms with Crippen LogP contribution < -0.4 is 5.32 Å². The van der Waals surface area contributed by atoms with E-state index in [1.807, 2.05) is 4.68 Å². The van der Waals surface area contributed by atoms with E-state index < -0.39 is 15.7 Å². The summed E-state index contributed by atoms with van der Waals surface area (Å²) in [4.78, 5) is 12.4. The predicted octanol–water partition coefficient (Wildman–Crippen LogP) is 3.31. The summed E-state index contributed by atoms with van der Waals surface area (Å²) in [6, 6.07) is 6.25. The second kappa shape index (κ2) is 6.57. The maximum atomic E-state index is 12.5. The Morgan fingerprint density at radius 1 is 1.29 bits per heavy atom. The maximum absolute atomic E-state index is 12.5. The van der Waals surface area contributed by atoms with Crippen molar-refractivity contribution in [1.82, 2.24) is 9.78 Å². The van der Waals surface area contributed by atoms with Gasteiger partial charge in [-0.1, -0.05) is 24.4 Å². The lowest BCUT2D eigenvalue weighted by Crippen LogP contribution is -2.18. The van der Waals surface area contributed by atoms with Crippen molar-refractivity contribution < 1.29 is 13.2 Å². The van der Waals surface area contributed by atoms with E-state index in [-0.39, 0.29) is 15.5 Å². The van der Waals surface area contributed by atoms with E-state index in [9.17, 15) is 13.2 Å². The molecule has 8 heteroatoms. The highest BCUT2D eigenvalue weighted by Gasteiger charge is 2.21. The first kappa shape index (κ1) is 17.0. The fourth-order valence-corrected chi connectivity index (χ4v) is 4.27. The topological polar surface area (TPSA) is 81.1 Å². The third kappa shape index (κ3) is 3.47. The van der Waals surface area contributed by atoms with Crippen LogP contribution in [0.25, 0.3) is 0 Å². The van der Waals surface area contributed by atoms with Crippen molar-refractivity contribution in [3.05, 3.63) is 41.0 Å². The van der Waals surface area contributed by atoms with Crippen LogP contribution in [-0.2, 0) is 9.84 Å². The second-order valence-corrected chi connectivity index (χ2v) is 8.36. The van der Waals surface area contributed by atoms with Gasteiger partial charge in [0.2, 0.25) is 0 Å². The lowest BCUT2D eigenvalue weighted by molar-refractivity contribution is 0.102. The molecule has 1 aromatic carbocycles. The fraction of sp³-hybridized carbons (Fsp3) is 0.375. The van der Waals surface area contributed by atoms with Gasteiger partial charge in [0, 0.05) is 17.9 Å². The molecular weight excluding hydrogens is 350 g/mol. The van der Waals surface area contributed by atoms with Crippen molar-refractivity contribution in [3.8, 4) is 0 Å². The molecule has 1 amide bonds. The highest BCUT2D eigenvalue weighted by atomic mass is 35.5. The number of carbonyl (C=O) groups is 1. The number of amides is 1. The minimum absolute atomic E-state index is 0.0545. The standard InChI is InChI=1S/C16H18ClN3O3S/c1-24(22,23)14-10-11(6-7-13(14)17)16(21)19-15-8-9-18-20(15)12-4-2-3-5-12/h6-10,12H,2-5H2,1H3,(H,19,21). The van der Waals surface area contributed by atoms with Gasteiger partial charge in [-0.25, -0.2) is 13.1 Å². The average Bonchev–Trinajstić information content (AvgIpc) is 3.16. The predicted molar refractivity (Wildman–Crippen MR) is 92.2 cm³/mol. The van der Waals surface area contributed by atoms with Crippen molar-refractivity contribution in [1.29, 1.82) is 0 Å². The molecule has 1 N–H and O–H groups in total. The first-order valence-corrected chi connectivity index (χ1v) is 9.97. The number of hydrogen-bond donors (Lipinski definition) is 1. The van der Waals surface area contributed by atoms with Gasteiger partial charge in [0.05, 0.1) is 22.2 Å². The largest absolute Gasteiger partial charge is 0.307 e. The molecule has 0 unspecified atom stereocenters. The molecule has 0 saturated heterocycles. The first-order chi connectivity index (χ1) is 11.4. The molecule has 1 saturated carbocycles. The van der Waals surface area contributed by atoms with Crippen LogP contribution in [0.2, 0.25) is 5.02 Å². The van der Waals surface area contributed by atoms with Crippen LogP contribution >= 0.6 is 11.6 Å². The quantitative estimate of drug-likeness (QED) is 0.898. The van der Waals surface area contributed by atoms with Gasteiger partial charge in [-0.2, -0.15) is 5.10 Å². The van der Waals surface area contributed by atoms with Crippen molar-refractivity contribution in [2.24, 2.45) is 0 Å². The number of rotatable bonds is 4. The molecule has 0 atom stereocenters. The third-order valence-electron chi connectivity index (χ3n) is 4.18.